The summed E-state index contributed by atoms with van der Waals surface area (Å²) in [5.41, 5.74) is 1.37. The number of aliphatic hydroxyl groups is 1. The third-order valence-corrected chi connectivity index (χ3v) is 4.47. The number of hydrogen-bond donors (Lipinski definition) is 1. The summed E-state index contributed by atoms with van der Waals surface area (Å²) in [7, 11) is 0. The Bertz CT molecular complexity index is 710. The molecule has 2 atom stereocenters. The van der Waals surface area contributed by atoms with Gasteiger partial charge in [0.05, 0.1) is 17.9 Å². The first kappa shape index (κ1) is 15.9. The maximum absolute atomic E-state index is 12.6. The molecule has 1 saturated heterocycles. The van der Waals surface area contributed by atoms with Crippen LogP contribution < -0.4 is 0 Å². The van der Waals surface area contributed by atoms with E-state index in [9.17, 15) is 9.90 Å². The van der Waals surface area contributed by atoms with Gasteiger partial charge in [-0.25, -0.2) is 9.67 Å². The lowest BCUT2D eigenvalue weighted by molar-refractivity contribution is 0.0248. The zero-order valence-electron chi connectivity index (χ0n) is 13.9. The summed E-state index contributed by atoms with van der Waals surface area (Å²) in [4.78, 5) is 18.8. The highest BCUT2D eigenvalue weighted by atomic mass is 16.3. The molecule has 1 aliphatic rings. The van der Waals surface area contributed by atoms with Crippen LogP contribution in [0.2, 0.25) is 0 Å². The molecule has 0 radical (unpaired) electrons. The number of β-amino-alcohol motifs (C(OH)–C–C–N with tert-alkyl or cyclic N) is 1. The number of hydrogen-bond acceptors (Lipinski definition) is 4. The number of fused-ring (bicyclic) bond motifs is 1. The highest BCUT2D eigenvalue weighted by Gasteiger charge is 2.28. The van der Waals surface area contributed by atoms with Gasteiger partial charge in [-0.3, -0.25) is 4.79 Å². The quantitative estimate of drug-likeness (QED) is 0.939. The van der Waals surface area contributed by atoms with Crippen molar-refractivity contribution in [1.29, 1.82) is 0 Å². The number of aliphatic hydroxyl groups excluding tert-OH is 1. The van der Waals surface area contributed by atoms with Gasteiger partial charge in [-0.15, -0.1) is 0 Å². The van der Waals surface area contributed by atoms with Crippen LogP contribution in [0.5, 0.6) is 0 Å². The first-order valence-corrected chi connectivity index (χ1v) is 8.24. The minimum absolute atomic E-state index is 0.0676. The smallest absolute Gasteiger partial charge is 0.255 e. The molecule has 2 aromatic rings. The van der Waals surface area contributed by atoms with Crippen LogP contribution in [-0.4, -0.2) is 49.9 Å². The molecule has 3 heterocycles. The Labute approximate surface area is 136 Å². The molecule has 6 nitrogen and oxygen atoms in total. The Morgan fingerprint density at radius 1 is 1.43 bits per heavy atom. The molecule has 6 heteroatoms. The molecule has 1 amide bonds. The zero-order valence-corrected chi connectivity index (χ0v) is 13.9. The van der Waals surface area contributed by atoms with E-state index < -0.39 is 6.10 Å². The van der Waals surface area contributed by atoms with Crippen LogP contribution in [0.25, 0.3) is 11.0 Å². The maximum Gasteiger partial charge on any atom is 0.255 e. The largest absolute Gasteiger partial charge is 0.391 e. The van der Waals surface area contributed by atoms with Gasteiger partial charge >= 0.3 is 0 Å². The summed E-state index contributed by atoms with van der Waals surface area (Å²) in [5, 5.41) is 15.2. The van der Waals surface area contributed by atoms with E-state index in [0.29, 0.717) is 24.6 Å². The average Bonchev–Trinajstić information content (AvgIpc) is 2.91. The number of likely N-dealkylation sites (tertiary alicyclic amines) is 1. The van der Waals surface area contributed by atoms with E-state index in [1.54, 1.807) is 17.3 Å². The number of piperidine rings is 1. The molecule has 23 heavy (non-hydrogen) atoms. The lowest BCUT2D eigenvalue weighted by Gasteiger charge is -2.34. The number of carbonyl (C=O) groups is 1. The van der Waals surface area contributed by atoms with E-state index in [1.807, 2.05) is 17.7 Å². The molecule has 0 spiro atoms. The lowest BCUT2D eigenvalue weighted by Crippen LogP contribution is -2.45. The first-order chi connectivity index (χ1) is 11.0. The summed E-state index contributed by atoms with van der Waals surface area (Å²) in [6.45, 7) is 8.16. The van der Waals surface area contributed by atoms with Gasteiger partial charge in [-0.05, 0) is 24.3 Å². The zero-order chi connectivity index (χ0) is 16.6. The fourth-order valence-corrected chi connectivity index (χ4v) is 2.98. The van der Waals surface area contributed by atoms with Crippen LogP contribution in [0.3, 0.4) is 0 Å². The molecule has 0 aromatic carbocycles. The fraction of sp³-hybridized carbons (Fsp3) is 0.588. The molecule has 0 bridgehead atoms. The van der Waals surface area contributed by atoms with E-state index in [0.717, 1.165) is 24.0 Å². The normalized spacial score (nSPS) is 22.0. The van der Waals surface area contributed by atoms with Crippen LogP contribution in [0.15, 0.2) is 18.5 Å². The van der Waals surface area contributed by atoms with Crippen molar-refractivity contribution in [2.24, 2.45) is 11.8 Å². The summed E-state index contributed by atoms with van der Waals surface area (Å²) in [6.07, 6.45) is 3.76. The molecule has 2 aromatic heterocycles. The lowest BCUT2D eigenvalue weighted by atomic mass is 9.95. The van der Waals surface area contributed by atoms with Crippen LogP contribution >= 0.6 is 0 Å². The second-order valence-corrected chi connectivity index (χ2v) is 6.94. The van der Waals surface area contributed by atoms with Gasteiger partial charge in [0, 0.05) is 31.2 Å². The molecule has 0 aliphatic carbocycles. The van der Waals surface area contributed by atoms with Crippen LogP contribution in [0.1, 0.15) is 37.6 Å². The minimum atomic E-state index is -0.446. The van der Waals surface area contributed by atoms with Crippen molar-refractivity contribution in [2.75, 3.05) is 13.1 Å². The molecule has 124 valence electrons. The highest BCUT2D eigenvalue weighted by molar-refractivity contribution is 5.96. The van der Waals surface area contributed by atoms with Crippen LogP contribution in [0, 0.1) is 11.8 Å². The molecule has 1 fully saturated rings. The van der Waals surface area contributed by atoms with Gasteiger partial charge in [0.25, 0.3) is 5.91 Å². The molecule has 0 saturated carbocycles. The van der Waals surface area contributed by atoms with Gasteiger partial charge in [-0.1, -0.05) is 20.8 Å². The van der Waals surface area contributed by atoms with Crippen molar-refractivity contribution in [1.82, 2.24) is 19.7 Å². The number of amides is 1. The van der Waals surface area contributed by atoms with Crippen molar-refractivity contribution >= 4 is 16.9 Å². The van der Waals surface area contributed by atoms with E-state index in [2.05, 4.69) is 23.9 Å². The fourth-order valence-electron chi connectivity index (χ4n) is 2.98. The summed E-state index contributed by atoms with van der Waals surface area (Å²) in [5.74, 6) is 0.661. The Kier molecular flexibility index (Phi) is 4.35. The number of pyridine rings is 1. The second kappa shape index (κ2) is 6.28. The SMILES string of the molecule is CC(C)Cn1ncc2cc(C(=O)N3CCC(C)C(O)C3)cnc21. The van der Waals surface area contributed by atoms with Crippen LogP contribution in [0.4, 0.5) is 0 Å². The summed E-state index contributed by atoms with van der Waals surface area (Å²) >= 11 is 0. The number of aromatic nitrogens is 3. The van der Waals surface area contributed by atoms with Crippen molar-refractivity contribution in [3.05, 3.63) is 24.0 Å². The van der Waals surface area contributed by atoms with E-state index >= 15 is 0 Å². The Balaban J connectivity index is 1.82. The minimum Gasteiger partial charge on any atom is -0.391 e. The summed E-state index contributed by atoms with van der Waals surface area (Å²) in [6, 6.07) is 1.85. The van der Waals surface area contributed by atoms with Crippen molar-refractivity contribution in [3.63, 3.8) is 0 Å². The molecule has 1 N–H and O–H groups in total. The predicted molar refractivity (Wildman–Crippen MR) is 88.1 cm³/mol. The molecular weight excluding hydrogens is 292 g/mol. The van der Waals surface area contributed by atoms with Crippen molar-refractivity contribution < 1.29 is 9.90 Å². The molecular formula is C17H24N4O2. The number of nitrogens with zero attached hydrogens (tertiary/aromatic N) is 4. The second-order valence-electron chi connectivity index (χ2n) is 6.94. The standard InChI is InChI=1S/C17H24N4O2/c1-11(2)9-21-16-13(8-19-21)6-14(7-18-16)17(23)20-5-4-12(3)15(22)10-20/h6-8,11-12,15,22H,4-5,9-10H2,1-3H3. The van der Waals surface area contributed by atoms with Gasteiger partial charge in [0.15, 0.2) is 5.65 Å². The third-order valence-electron chi connectivity index (χ3n) is 4.47. The predicted octanol–water partition coefficient (Wildman–Crippen LogP) is 1.93. The van der Waals surface area contributed by atoms with Gasteiger partial charge < -0.3 is 10.0 Å². The molecule has 2 unspecified atom stereocenters. The first-order valence-electron chi connectivity index (χ1n) is 8.24. The topological polar surface area (TPSA) is 71.2 Å². The summed E-state index contributed by atoms with van der Waals surface area (Å²) < 4.78 is 1.88. The Morgan fingerprint density at radius 2 is 2.22 bits per heavy atom. The highest BCUT2D eigenvalue weighted by Crippen LogP contribution is 2.20. The van der Waals surface area contributed by atoms with Crippen molar-refractivity contribution in [2.45, 2.75) is 39.8 Å². The number of carbonyl (C=O) groups excluding carboxylic acids is 1. The number of rotatable bonds is 3. The van der Waals surface area contributed by atoms with Crippen LogP contribution in [-0.2, 0) is 6.54 Å². The monoisotopic (exact) mass is 316 g/mol. The average molecular weight is 316 g/mol. The molecule has 3 rings (SSSR count). The maximum atomic E-state index is 12.6. The van der Waals surface area contributed by atoms with E-state index in [1.165, 1.54) is 0 Å². The van der Waals surface area contributed by atoms with Gasteiger partial charge in [0.1, 0.15) is 0 Å². The van der Waals surface area contributed by atoms with E-state index in [-0.39, 0.29) is 11.8 Å². The molecule has 1 aliphatic heterocycles. The van der Waals surface area contributed by atoms with Crippen molar-refractivity contribution in [3.8, 4) is 0 Å². The third kappa shape index (κ3) is 3.22. The van der Waals surface area contributed by atoms with Gasteiger partial charge in [0.2, 0.25) is 0 Å². The van der Waals surface area contributed by atoms with Gasteiger partial charge in [-0.2, -0.15) is 5.10 Å². The Hall–Kier alpha value is -1.95. The Morgan fingerprint density at radius 3 is 2.91 bits per heavy atom. The van der Waals surface area contributed by atoms with E-state index in [4.69, 9.17) is 0 Å².